The number of carbonyl (C=O) groups is 1. The summed E-state index contributed by atoms with van der Waals surface area (Å²) in [6, 6.07) is 5.30. The molecule has 1 aromatic rings. The number of unbranched alkanes of at least 4 members (excludes halogenated alkanes) is 3. The third-order valence-corrected chi connectivity index (χ3v) is 4.98. The summed E-state index contributed by atoms with van der Waals surface area (Å²) < 4.78 is 20.4. The zero-order chi connectivity index (χ0) is 19.5. The fourth-order valence-corrected chi connectivity index (χ4v) is 3.38. The summed E-state index contributed by atoms with van der Waals surface area (Å²) in [5.74, 6) is -0.0713. The van der Waals surface area contributed by atoms with Crippen molar-refractivity contribution >= 4 is 12.0 Å². The number of nitrogens with zero attached hydrogens (tertiary/aromatic N) is 1. The molecule has 0 aromatic heterocycles. The number of allylic oxidation sites excluding steroid dienone is 1. The predicted octanol–water partition coefficient (Wildman–Crippen LogP) is 4.87. The number of ether oxygens (including phenoxy) is 1. The summed E-state index contributed by atoms with van der Waals surface area (Å²) in [5.41, 5.74) is 7.64. The van der Waals surface area contributed by atoms with Crippen LogP contribution in [-0.4, -0.2) is 24.8 Å². The van der Waals surface area contributed by atoms with Crippen LogP contribution >= 0.6 is 0 Å². The molecular formula is C22H31FN2O2. The molecule has 5 heteroatoms. The van der Waals surface area contributed by atoms with Crippen molar-refractivity contribution in [3.8, 4) is 0 Å². The van der Waals surface area contributed by atoms with Crippen LogP contribution in [0.1, 0.15) is 75.3 Å². The van der Waals surface area contributed by atoms with Gasteiger partial charge < -0.3 is 15.3 Å². The topological polar surface area (TPSA) is 64.7 Å². The van der Waals surface area contributed by atoms with Crippen molar-refractivity contribution in [3.05, 3.63) is 47.4 Å². The minimum atomic E-state index is -0.212. The lowest BCUT2D eigenvalue weighted by atomic mass is 9.93. The van der Waals surface area contributed by atoms with Crippen molar-refractivity contribution in [2.24, 2.45) is 10.7 Å². The lowest BCUT2D eigenvalue weighted by Gasteiger charge is -2.20. The second kappa shape index (κ2) is 11.7. The first-order valence-corrected chi connectivity index (χ1v) is 9.97. The number of nitrogens with two attached hydrogens (primary N) is 1. The van der Waals surface area contributed by atoms with Gasteiger partial charge in [0.25, 0.3) is 0 Å². The molecule has 0 radical (unpaired) electrons. The van der Waals surface area contributed by atoms with E-state index in [0.717, 1.165) is 56.8 Å². The predicted molar refractivity (Wildman–Crippen MR) is 107 cm³/mol. The lowest BCUT2D eigenvalue weighted by Crippen LogP contribution is -2.18. The fourth-order valence-electron chi connectivity index (χ4n) is 3.38. The van der Waals surface area contributed by atoms with E-state index >= 15 is 0 Å². The van der Waals surface area contributed by atoms with E-state index in [9.17, 15) is 9.18 Å². The van der Waals surface area contributed by atoms with E-state index < -0.39 is 0 Å². The van der Waals surface area contributed by atoms with Crippen LogP contribution in [0.25, 0.3) is 0 Å². The molecule has 27 heavy (non-hydrogen) atoms. The maximum atomic E-state index is 14.7. The number of hydrogen-bond acceptors (Lipinski definition) is 4. The summed E-state index contributed by atoms with van der Waals surface area (Å²) in [6.07, 6.45) is 11.4. The summed E-state index contributed by atoms with van der Waals surface area (Å²) in [5, 5.41) is 0. The van der Waals surface area contributed by atoms with Gasteiger partial charge in [-0.05, 0) is 61.9 Å². The lowest BCUT2D eigenvalue weighted by molar-refractivity contribution is -0.107. The maximum Gasteiger partial charge on any atom is 0.149 e. The first-order valence-electron chi connectivity index (χ1n) is 9.97. The van der Waals surface area contributed by atoms with E-state index in [1.807, 2.05) is 19.1 Å². The number of aliphatic imine (C=N–C) groups is 1. The van der Waals surface area contributed by atoms with Gasteiger partial charge in [-0.15, -0.1) is 0 Å². The largest absolute Gasteiger partial charge is 0.405 e. The Hall–Kier alpha value is -2.01. The third kappa shape index (κ3) is 6.90. The van der Waals surface area contributed by atoms with Gasteiger partial charge >= 0.3 is 0 Å². The van der Waals surface area contributed by atoms with E-state index in [4.69, 9.17) is 10.5 Å². The Kier molecular flexibility index (Phi) is 9.19. The SMILES string of the molecule is CC(CCCCCC=O)c1ccc(C(C=CN)=NC2CCCCO2)cc1F. The smallest absolute Gasteiger partial charge is 0.149 e. The van der Waals surface area contributed by atoms with E-state index in [1.165, 1.54) is 6.20 Å². The van der Waals surface area contributed by atoms with Gasteiger partial charge in [0.15, 0.2) is 0 Å². The molecule has 0 bridgehead atoms. The van der Waals surface area contributed by atoms with Gasteiger partial charge in [-0.1, -0.05) is 31.9 Å². The molecule has 0 saturated carbocycles. The van der Waals surface area contributed by atoms with Crippen LogP contribution in [0.5, 0.6) is 0 Å². The Morgan fingerprint density at radius 3 is 2.89 bits per heavy atom. The summed E-state index contributed by atoms with van der Waals surface area (Å²) in [6.45, 7) is 2.76. The summed E-state index contributed by atoms with van der Waals surface area (Å²) in [4.78, 5) is 15.0. The summed E-state index contributed by atoms with van der Waals surface area (Å²) in [7, 11) is 0. The minimum Gasteiger partial charge on any atom is -0.405 e. The molecule has 1 saturated heterocycles. The van der Waals surface area contributed by atoms with E-state index in [-0.39, 0.29) is 18.0 Å². The van der Waals surface area contributed by atoms with Crippen LogP contribution in [0, 0.1) is 5.82 Å². The number of carbonyl (C=O) groups excluding carboxylic acids is 1. The quantitative estimate of drug-likeness (QED) is 0.361. The minimum absolute atomic E-state index is 0.141. The van der Waals surface area contributed by atoms with E-state index in [0.29, 0.717) is 24.3 Å². The molecule has 2 rings (SSSR count). The Labute approximate surface area is 161 Å². The van der Waals surface area contributed by atoms with Gasteiger partial charge in [-0.2, -0.15) is 0 Å². The van der Waals surface area contributed by atoms with Gasteiger partial charge in [-0.25, -0.2) is 4.39 Å². The van der Waals surface area contributed by atoms with Crippen LogP contribution in [0.2, 0.25) is 0 Å². The molecule has 4 nitrogen and oxygen atoms in total. The Bertz CT molecular complexity index is 652. The number of benzene rings is 1. The number of rotatable bonds is 10. The number of aldehydes is 1. The monoisotopic (exact) mass is 374 g/mol. The molecule has 1 fully saturated rings. The fraction of sp³-hybridized carbons (Fsp3) is 0.545. The van der Waals surface area contributed by atoms with Crippen LogP contribution < -0.4 is 5.73 Å². The van der Waals surface area contributed by atoms with Crippen molar-refractivity contribution in [1.29, 1.82) is 0 Å². The maximum absolute atomic E-state index is 14.7. The van der Waals surface area contributed by atoms with Gasteiger partial charge in [0.1, 0.15) is 18.3 Å². The molecule has 148 valence electrons. The van der Waals surface area contributed by atoms with Gasteiger partial charge in [0, 0.05) is 18.6 Å². The zero-order valence-electron chi connectivity index (χ0n) is 16.2. The van der Waals surface area contributed by atoms with E-state index in [1.54, 1.807) is 12.1 Å². The van der Waals surface area contributed by atoms with Gasteiger partial charge in [-0.3, -0.25) is 4.99 Å². The molecular weight excluding hydrogens is 343 g/mol. The van der Waals surface area contributed by atoms with Crippen LogP contribution in [0.3, 0.4) is 0 Å². The summed E-state index contributed by atoms with van der Waals surface area (Å²) >= 11 is 0. The molecule has 1 heterocycles. The number of halogens is 1. The molecule has 0 spiro atoms. The van der Waals surface area contributed by atoms with Crippen molar-refractivity contribution in [2.45, 2.75) is 70.4 Å². The zero-order valence-corrected chi connectivity index (χ0v) is 16.2. The normalized spacial score (nSPS) is 19.3. The second-order valence-corrected chi connectivity index (χ2v) is 7.14. The highest BCUT2D eigenvalue weighted by molar-refractivity contribution is 6.08. The Morgan fingerprint density at radius 2 is 2.22 bits per heavy atom. The number of hydrogen-bond donors (Lipinski definition) is 1. The molecule has 0 aliphatic carbocycles. The highest BCUT2D eigenvalue weighted by Gasteiger charge is 2.16. The standard InChI is InChI=1S/C22H31FN2O2/c1-17(8-4-2-3-6-14-26)19-11-10-18(16-20(19)23)21(12-13-24)25-22-9-5-7-15-27-22/h10-14,16-17,22H,2-9,15,24H2,1H3. The van der Waals surface area contributed by atoms with Crippen molar-refractivity contribution in [3.63, 3.8) is 0 Å². The first-order chi connectivity index (χ1) is 13.2. The van der Waals surface area contributed by atoms with Crippen LogP contribution in [-0.2, 0) is 9.53 Å². The molecule has 1 aliphatic rings. The first kappa shape index (κ1) is 21.3. The molecule has 1 aromatic carbocycles. The molecule has 0 amide bonds. The molecule has 2 N–H and O–H groups in total. The molecule has 2 unspecified atom stereocenters. The molecule has 2 atom stereocenters. The van der Waals surface area contributed by atoms with Gasteiger partial charge in [0.05, 0.1) is 5.71 Å². The van der Waals surface area contributed by atoms with Crippen molar-refractivity contribution < 1.29 is 13.9 Å². The average Bonchev–Trinajstić information content (AvgIpc) is 2.68. The van der Waals surface area contributed by atoms with Crippen LogP contribution in [0.4, 0.5) is 4.39 Å². The van der Waals surface area contributed by atoms with Crippen molar-refractivity contribution in [1.82, 2.24) is 0 Å². The van der Waals surface area contributed by atoms with Gasteiger partial charge in [0.2, 0.25) is 0 Å². The van der Waals surface area contributed by atoms with Crippen molar-refractivity contribution in [2.75, 3.05) is 6.61 Å². The van der Waals surface area contributed by atoms with Crippen LogP contribution in [0.15, 0.2) is 35.5 Å². The Balaban J connectivity index is 2.06. The Morgan fingerprint density at radius 1 is 1.37 bits per heavy atom. The average molecular weight is 375 g/mol. The molecule has 1 aliphatic heterocycles. The highest BCUT2D eigenvalue weighted by atomic mass is 19.1. The van der Waals surface area contributed by atoms with E-state index in [2.05, 4.69) is 4.99 Å². The second-order valence-electron chi connectivity index (χ2n) is 7.14. The highest BCUT2D eigenvalue weighted by Crippen LogP contribution is 2.26. The third-order valence-electron chi connectivity index (χ3n) is 4.98.